The van der Waals surface area contributed by atoms with Crippen molar-refractivity contribution in [3.63, 3.8) is 0 Å². The molecule has 0 aromatic rings. The van der Waals surface area contributed by atoms with E-state index in [9.17, 15) is 0 Å². The van der Waals surface area contributed by atoms with Crippen LogP contribution in [0, 0.1) is 11.8 Å². The summed E-state index contributed by atoms with van der Waals surface area (Å²) in [6, 6.07) is 0. The predicted molar refractivity (Wildman–Crippen MR) is 55.5 cm³/mol. The van der Waals surface area contributed by atoms with Crippen molar-refractivity contribution in [3.8, 4) is 0 Å². The van der Waals surface area contributed by atoms with Crippen LogP contribution in [-0.2, 0) is 4.74 Å². The molecule has 0 aliphatic rings. The zero-order chi connectivity index (χ0) is 8.69. The van der Waals surface area contributed by atoms with Crippen molar-refractivity contribution in [1.29, 1.82) is 0 Å². The zero-order valence-electron chi connectivity index (χ0n) is 9.39. The molecule has 0 aromatic heterocycles. The Balaban J connectivity index is 0. The summed E-state index contributed by atoms with van der Waals surface area (Å²) >= 11 is 0. The molecule has 0 rings (SSSR count). The summed E-state index contributed by atoms with van der Waals surface area (Å²) in [5, 5.41) is 0. The SMILES string of the molecule is CC(C)CCOCCC(C)C.[K]. The van der Waals surface area contributed by atoms with E-state index in [1.54, 1.807) is 0 Å². The molecule has 2 heteroatoms. The number of hydrogen-bond donors (Lipinski definition) is 0. The number of rotatable bonds is 6. The maximum Gasteiger partial charge on any atom is 0.0468 e. The van der Waals surface area contributed by atoms with Gasteiger partial charge in [0.05, 0.1) is 0 Å². The number of hydrogen-bond acceptors (Lipinski definition) is 1. The Kier molecular flexibility index (Phi) is 14.3. The molecule has 69 valence electrons. The van der Waals surface area contributed by atoms with E-state index in [4.69, 9.17) is 4.74 Å². The van der Waals surface area contributed by atoms with Crippen molar-refractivity contribution in [2.24, 2.45) is 11.8 Å². The van der Waals surface area contributed by atoms with Gasteiger partial charge in [-0.1, -0.05) is 27.7 Å². The summed E-state index contributed by atoms with van der Waals surface area (Å²) < 4.78 is 5.46. The molecule has 0 fully saturated rings. The van der Waals surface area contributed by atoms with E-state index in [0.717, 1.165) is 25.0 Å². The standard InChI is InChI=1S/C10H22O.K/c1-9(2)5-7-11-8-6-10(3)4;/h9-10H,5-8H2,1-4H3;. The van der Waals surface area contributed by atoms with Crippen LogP contribution in [0.3, 0.4) is 0 Å². The van der Waals surface area contributed by atoms with Gasteiger partial charge in [-0.25, -0.2) is 0 Å². The molecule has 0 aromatic carbocycles. The van der Waals surface area contributed by atoms with Crippen molar-refractivity contribution < 1.29 is 4.74 Å². The minimum atomic E-state index is 0. The summed E-state index contributed by atoms with van der Waals surface area (Å²) in [5.41, 5.74) is 0. The topological polar surface area (TPSA) is 9.23 Å². The van der Waals surface area contributed by atoms with Gasteiger partial charge in [0.25, 0.3) is 0 Å². The predicted octanol–water partition coefficient (Wildman–Crippen LogP) is 2.71. The first-order valence-corrected chi connectivity index (χ1v) is 4.70. The van der Waals surface area contributed by atoms with Crippen LogP contribution in [0.1, 0.15) is 40.5 Å². The summed E-state index contributed by atoms with van der Waals surface area (Å²) in [6.45, 7) is 10.8. The van der Waals surface area contributed by atoms with Crippen LogP contribution in [0.15, 0.2) is 0 Å². The van der Waals surface area contributed by atoms with Gasteiger partial charge < -0.3 is 4.74 Å². The van der Waals surface area contributed by atoms with Crippen LogP contribution < -0.4 is 0 Å². The summed E-state index contributed by atoms with van der Waals surface area (Å²) in [5.74, 6) is 1.54. The quantitative estimate of drug-likeness (QED) is 0.470. The van der Waals surface area contributed by atoms with Crippen molar-refractivity contribution >= 4 is 51.4 Å². The molecule has 0 N–H and O–H groups in total. The van der Waals surface area contributed by atoms with E-state index in [0.29, 0.717) is 0 Å². The Morgan fingerprint density at radius 3 is 1.42 bits per heavy atom. The van der Waals surface area contributed by atoms with Gasteiger partial charge in [0.15, 0.2) is 0 Å². The Morgan fingerprint density at radius 1 is 0.833 bits per heavy atom. The van der Waals surface area contributed by atoms with Gasteiger partial charge in [-0.15, -0.1) is 0 Å². The van der Waals surface area contributed by atoms with Crippen LogP contribution in [0.5, 0.6) is 0 Å². The Hall–Kier alpha value is 1.60. The fourth-order valence-electron chi connectivity index (χ4n) is 0.740. The van der Waals surface area contributed by atoms with Gasteiger partial charge in [-0.2, -0.15) is 0 Å². The number of ether oxygens (including phenoxy) is 1. The third-order valence-corrected chi connectivity index (χ3v) is 1.68. The van der Waals surface area contributed by atoms with E-state index in [1.165, 1.54) is 12.8 Å². The summed E-state index contributed by atoms with van der Waals surface area (Å²) in [4.78, 5) is 0. The van der Waals surface area contributed by atoms with Gasteiger partial charge in [0, 0.05) is 64.6 Å². The summed E-state index contributed by atoms with van der Waals surface area (Å²) in [7, 11) is 0. The van der Waals surface area contributed by atoms with Gasteiger partial charge >= 0.3 is 0 Å². The Labute approximate surface area is 120 Å². The maximum absolute atomic E-state index is 5.46. The van der Waals surface area contributed by atoms with Crippen LogP contribution >= 0.6 is 0 Å². The van der Waals surface area contributed by atoms with Gasteiger partial charge in [-0.05, 0) is 24.7 Å². The normalized spacial score (nSPS) is 10.5. The smallest absolute Gasteiger partial charge is 0.0468 e. The average molecular weight is 197 g/mol. The van der Waals surface area contributed by atoms with Gasteiger partial charge in [0.1, 0.15) is 0 Å². The minimum Gasteiger partial charge on any atom is -0.381 e. The molecule has 1 nitrogen and oxygen atoms in total. The van der Waals surface area contributed by atoms with Crippen LogP contribution in [0.2, 0.25) is 0 Å². The van der Waals surface area contributed by atoms with Crippen molar-refractivity contribution in [2.75, 3.05) is 13.2 Å². The molecular weight excluding hydrogens is 175 g/mol. The fourth-order valence-corrected chi connectivity index (χ4v) is 0.740. The Bertz CT molecular complexity index is 71.9. The second kappa shape index (κ2) is 10.7. The average Bonchev–Trinajstić information content (AvgIpc) is 1.85. The molecule has 0 spiro atoms. The monoisotopic (exact) mass is 197 g/mol. The van der Waals surface area contributed by atoms with Crippen molar-refractivity contribution in [2.45, 2.75) is 40.5 Å². The molecular formula is C10H22KO. The van der Waals surface area contributed by atoms with Gasteiger partial charge in [0.2, 0.25) is 0 Å². The first-order valence-electron chi connectivity index (χ1n) is 4.70. The van der Waals surface area contributed by atoms with E-state index < -0.39 is 0 Å². The molecule has 0 aliphatic heterocycles. The van der Waals surface area contributed by atoms with Crippen LogP contribution in [0.25, 0.3) is 0 Å². The van der Waals surface area contributed by atoms with Crippen molar-refractivity contribution in [3.05, 3.63) is 0 Å². The zero-order valence-corrected chi connectivity index (χ0v) is 12.5. The van der Waals surface area contributed by atoms with Crippen LogP contribution in [-0.4, -0.2) is 64.6 Å². The third kappa shape index (κ3) is 14.1. The molecule has 0 atom stereocenters. The second-order valence-electron chi connectivity index (χ2n) is 3.98. The second-order valence-corrected chi connectivity index (χ2v) is 3.98. The molecule has 0 amide bonds. The molecule has 1 radical (unpaired) electrons. The maximum atomic E-state index is 5.46. The van der Waals surface area contributed by atoms with E-state index >= 15 is 0 Å². The summed E-state index contributed by atoms with van der Waals surface area (Å²) in [6.07, 6.45) is 2.39. The van der Waals surface area contributed by atoms with E-state index in [2.05, 4.69) is 27.7 Å². The van der Waals surface area contributed by atoms with Crippen LogP contribution in [0.4, 0.5) is 0 Å². The molecule has 0 aliphatic carbocycles. The molecule has 0 saturated heterocycles. The third-order valence-electron chi connectivity index (χ3n) is 1.68. The molecule has 0 bridgehead atoms. The van der Waals surface area contributed by atoms with Gasteiger partial charge in [-0.3, -0.25) is 0 Å². The van der Waals surface area contributed by atoms with E-state index in [1.807, 2.05) is 0 Å². The largest absolute Gasteiger partial charge is 0.381 e. The molecule has 0 saturated carbocycles. The van der Waals surface area contributed by atoms with E-state index in [-0.39, 0.29) is 51.4 Å². The molecule has 12 heavy (non-hydrogen) atoms. The first kappa shape index (κ1) is 16.0. The Morgan fingerprint density at radius 2 is 1.17 bits per heavy atom. The fraction of sp³-hybridized carbons (Fsp3) is 1.00. The first-order chi connectivity index (χ1) is 5.13. The minimum absolute atomic E-state index is 0. The molecule has 0 unspecified atom stereocenters. The molecule has 0 heterocycles. The van der Waals surface area contributed by atoms with Crippen molar-refractivity contribution in [1.82, 2.24) is 0 Å².